The quantitative estimate of drug-likeness (QED) is 0.683. The van der Waals surface area contributed by atoms with Crippen molar-refractivity contribution in [2.24, 2.45) is 14.1 Å². The molecule has 4 N–H and O–H groups in total. The van der Waals surface area contributed by atoms with Crippen LogP contribution in [0.5, 0.6) is 0 Å². The molecule has 0 bridgehead atoms. The van der Waals surface area contributed by atoms with Crippen molar-refractivity contribution in [3.8, 4) is 0 Å². The Bertz CT molecular complexity index is 942. The van der Waals surface area contributed by atoms with Crippen molar-refractivity contribution in [2.75, 3.05) is 18.1 Å². The number of para-hydroxylation sites is 1. The summed E-state index contributed by atoms with van der Waals surface area (Å²) in [5, 5.41) is 4.95. The van der Waals surface area contributed by atoms with E-state index in [0.717, 1.165) is 9.13 Å². The summed E-state index contributed by atoms with van der Waals surface area (Å²) in [5.74, 6) is -1.45. The molecule has 0 spiro atoms. The number of nitrogens with zero attached hydrogens (tertiary/aromatic N) is 2. The Morgan fingerprint density at radius 3 is 2.29 bits per heavy atom. The molecule has 0 atom stereocenters. The molecule has 0 aliphatic carbocycles. The van der Waals surface area contributed by atoms with E-state index in [0.29, 0.717) is 0 Å². The maximum absolute atomic E-state index is 12.5. The van der Waals surface area contributed by atoms with Crippen molar-refractivity contribution in [1.29, 1.82) is 0 Å². The van der Waals surface area contributed by atoms with Gasteiger partial charge in [0, 0.05) is 21.1 Å². The first-order chi connectivity index (χ1) is 11.3. The first kappa shape index (κ1) is 17.0. The fourth-order valence-electron chi connectivity index (χ4n) is 2.18. The highest BCUT2D eigenvalue weighted by Gasteiger charge is 2.21. The van der Waals surface area contributed by atoms with E-state index in [4.69, 9.17) is 5.73 Å². The topological polar surface area (TPSA) is 128 Å². The van der Waals surface area contributed by atoms with Crippen LogP contribution >= 0.6 is 0 Å². The zero-order valence-electron chi connectivity index (χ0n) is 13.4. The Morgan fingerprint density at radius 2 is 1.67 bits per heavy atom. The number of nitrogen functional groups attached to an aromatic ring is 1. The van der Waals surface area contributed by atoms with E-state index in [1.807, 2.05) is 0 Å². The first-order valence-corrected chi connectivity index (χ1v) is 6.97. The minimum absolute atomic E-state index is 0.220. The fraction of sp³-hybridized carbons (Fsp3) is 0.200. The molecule has 0 aliphatic rings. The van der Waals surface area contributed by atoms with E-state index in [2.05, 4.69) is 10.6 Å². The van der Waals surface area contributed by atoms with Gasteiger partial charge in [0.2, 0.25) is 0 Å². The number of benzene rings is 1. The highest BCUT2D eigenvalue weighted by molar-refractivity contribution is 6.10. The molecule has 9 nitrogen and oxygen atoms in total. The second-order valence-corrected chi connectivity index (χ2v) is 5.04. The maximum Gasteiger partial charge on any atom is 0.332 e. The lowest BCUT2D eigenvalue weighted by Crippen LogP contribution is -2.42. The second kappa shape index (κ2) is 6.41. The van der Waals surface area contributed by atoms with Crippen molar-refractivity contribution in [1.82, 2.24) is 14.5 Å². The summed E-state index contributed by atoms with van der Waals surface area (Å²) in [4.78, 5) is 48.3. The highest BCUT2D eigenvalue weighted by Crippen LogP contribution is 2.16. The Labute approximate surface area is 136 Å². The van der Waals surface area contributed by atoms with Crippen molar-refractivity contribution >= 4 is 23.3 Å². The monoisotopic (exact) mass is 331 g/mol. The molecule has 1 aromatic heterocycles. The number of rotatable bonds is 3. The average Bonchev–Trinajstić information content (AvgIpc) is 2.58. The van der Waals surface area contributed by atoms with Crippen molar-refractivity contribution < 1.29 is 9.59 Å². The van der Waals surface area contributed by atoms with Crippen molar-refractivity contribution in [2.45, 2.75) is 0 Å². The summed E-state index contributed by atoms with van der Waals surface area (Å²) in [6.07, 6.45) is 0. The van der Waals surface area contributed by atoms with Gasteiger partial charge in [0.15, 0.2) is 0 Å². The number of amides is 2. The van der Waals surface area contributed by atoms with Crippen molar-refractivity contribution in [3.05, 3.63) is 56.2 Å². The van der Waals surface area contributed by atoms with Crippen LogP contribution in [0, 0.1) is 0 Å². The van der Waals surface area contributed by atoms with Crippen LogP contribution in [-0.4, -0.2) is 28.0 Å². The minimum atomic E-state index is -0.814. The molecule has 2 aromatic rings. The Balaban J connectivity index is 2.52. The molecule has 0 saturated heterocycles. The van der Waals surface area contributed by atoms with Crippen LogP contribution in [0.25, 0.3) is 0 Å². The van der Waals surface area contributed by atoms with Crippen LogP contribution in [-0.2, 0) is 14.1 Å². The van der Waals surface area contributed by atoms with E-state index in [-0.39, 0.29) is 22.6 Å². The Kier molecular flexibility index (Phi) is 4.54. The van der Waals surface area contributed by atoms with E-state index >= 15 is 0 Å². The molecule has 0 fully saturated rings. The molecule has 0 saturated carbocycles. The summed E-state index contributed by atoms with van der Waals surface area (Å²) in [6.45, 7) is 0. The number of anilines is 2. The number of hydrogen-bond acceptors (Lipinski definition) is 5. The lowest BCUT2D eigenvalue weighted by atomic mass is 10.1. The maximum atomic E-state index is 12.5. The summed E-state index contributed by atoms with van der Waals surface area (Å²) < 4.78 is 1.79. The number of nitrogens with one attached hydrogen (secondary N) is 2. The van der Waals surface area contributed by atoms with Gasteiger partial charge in [0.05, 0.1) is 11.3 Å². The van der Waals surface area contributed by atoms with Gasteiger partial charge in [-0.1, -0.05) is 12.1 Å². The first-order valence-electron chi connectivity index (χ1n) is 6.97. The van der Waals surface area contributed by atoms with Crippen LogP contribution in [0.3, 0.4) is 0 Å². The Morgan fingerprint density at radius 1 is 1.04 bits per heavy atom. The van der Waals surface area contributed by atoms with E-state index in [9.17, 15) is 19.2 Å². The normalized spacial score (nSPS) is 10.3. The fourth-order valence-corrected chi connectivity index (χ4v) is 2.18. The molecule has 126 valence electrons. The zero-order chi connectivity index (χ0) is 18.0. The number of hydrogen-bond donors (Lipinski definition) is 3. The van der Waals surface area contributed by atoms with Gasteiger partial charge in [-0.2, -0.15) is 0 Å². The molecule has 9 heteroatoms. The van der Waals surface area contributed by atoms with Gasteiger partial charge in [-0.15, -0.1) is 0 Å². The van der Waals surface area contributed by atoms with E-state index in [1.54, 1.807) is 12.1 Å². The summed E-state index contributed by atoms with van der Waals surface area (Å²) in [7, 11) is 4.06. The van der Waals surface area contributed by atoms with Crippen LogP contribution in [0.1, 0.15) is 20.7 Å². The molecule has 0 aliphatic heterocycles. The van der Waals surface area contributed by atoms with Gasteiger partial charge < -0.3 is 16.4 Å². The van der Waals surface area contributed by atoms with Gasteiger partial charge in [-0.3, -0.25) is 23.5 Å². The summed E-state index contributed by atoms with van der Waals surface area (Å²) in [5.41, 5.74) is 4.37. The van der Waals surface area contributed by atoms with Gasteiger partial charge in [0.25, 0.3) is 17.4 Å². The lowest BCUT2D eigenvalue weighted by molar-refractivity contribution is 0.0964. The third-order valence-electron chi connectivity index (χ3n) is 3.58. The van der Waals surface area contributed by atoms with Crippen molar-refractivity contribution in [3.63, 3.8) is 0 Å². The molecule has 1 aromatic carbocycles. The molecule has 0 unspecified atom stereocenters. The molecule has 0 radical (unpaired) electrons. The summed E-state index contributed by atoms with van der Waals surface area (Å²) >= 11 is 0. The van der Waals surface area contributed by atoms with Gasteiger partial charge >= 0.3 is 5.69 Å². The molecular formula is C15H17N5O4. The van der Waals surface area contributed by atoms with Crippen LogP contribution < -0.4 is 27.6 Å². The average molecular weight is 331 g/mol. The molecule has 2 amide bonds. The number of nitrogens with two attached hydrogens (primary N) is 1. The zero-order valence-corrected chi connectivity index (χ0v) is 13.4. The predicted molar refractivity (Wildman–Crippen MR) is 89.1 cm³/mol. The second-order valence-electron chi connectivity index (χ2n) is 5.04. The minimum Gasteiger partial charge on any atom is -0.384 e. The smallest absolute Gasteiger partial charge is 0.332 e. The lowest BCUT2D eigenvalue weighted by Gasteiger charge is -2.13. The predicted octanol–water partition coefficient (Wildman–Crippen LogP) is -0.722. The van der Waals surface area contributed by atoms with E-state index in [1.165, 1.54) is 33.3 Å². The third-order valence-corrected chi connectivity index (χ3v) is 3.58. The van der Waals surface area contributed by atoms with Crippen LogP contribution in [0.4, 0.5) is 11.5 Å². The number of carbonyl (C=O) groups excluding carboxylic acids is 2. The Hall–Kier alpha value is -3.36. The van der Waals surface area contributed by atoms with Crippen LogP contribution in [0.15, 0.2) is 33.9 Å². The largest absolute Gasteiger partial charge is 0.384 e. The van der Waals surface area contributed by atoms with Gasteiger partial charge in [0.1, 0.15) is 11.4 Å². The standard InChI is InChI=1S/C15H17N5O4/c1-17-12(21)8-6-4-5-7-9(8)18-13(22)10-11(16)19(2)15(24)20(3)14(10)23/h4-7H,16H2,1-3H3,(H,17,21)(H,18,22). The highest BCUT2D eigenvalue weighted by atomic mass is 16.2. The number of carbonyl (C=O) groups is 2. The molecule has 2 rings (SSSR count). The molecule has 1 heterocycles. The van der Waals surface area contributed by atoms with Gasteiger partial charge in [-0.05, 0) is 12.1 Å². The van der Waals surface area contributed by atoms with Crippen LogP contribution in [0.2, 0.25) is 0 Å². The molecular weight excluding hydrogens is 314 g/mol. The third kappa shape index (κ3) is 2.78. The van der Waals surface area contributed by atoms with E-state index < -0.39 is 23.1 Å². The molecule has 24 heavy (non-hydrogen) atoms. The SMILES string of the molecule is CNC(=O)c1ccccc1NC(=O)c1c(N)n(C)c(=O)n(C)c1=O. The summed E-state index contributed by atoms with van der Waals surface area (Å²) in [6, 6.07) is 6.31. The number of aromatic nitrogens is 2. The van der Waals surface area contributed by atoms with Gasteiger partial charge in [-0.25, -0.2) is 4.79 Å².